The number of carboxylic acid groups (broad SMARTS) is 1. The first-order valence-corrected chi connectivity index (χ1v) is 8.08. The van der Waals surface area contributed by atoms with Crippen LogP contribution < -0.4 is 5.32 Å². The number of amides is 1. The van der Waals surface area contributed by atoms with Crippen LogP contribution in [0.1, 0.15) is 44.9 Å². The molecule has 1 heterocycles. The fourth-order valence-corrected chi connectivity index (χ4v) is 3.88. The monoisotopic (exact) mass is 283 g/mol. The average molecular weight is 283 g/mol. The highest BCUT2D eigenvalue weighted by atomic mass is 32.2. The molecule has 0 aromatic heterocycles. The van der Waals surface area contributed by atoms with Crippen LogP contribution in [-0.2, 0) is 9.59 Å². The quantitative estimate of drug-likeness (QED) is 0.777. The van der Waals surface area contributed by atoms with Crippen molar-refractivity contribution in [3.8, 4) is 0 Å². The van der Waals surface area contributed by atoms with E-state index in [0.29, 0.717) is 19.3 Å². The third-order valence-corrected chi connectivity index (χ3v) is 4.89. The van der Waals surface area contributed by atoms with Crippen molar-refractivity contribution in [1.29, 1.82) is 0 Å². The number of carbonyl (C=O) groups is 2. The van der Waals surface area contributed by atoms with Crippen LogP contribution in [0.4, 0.5) is 0 Å². The van der Waals surface area contributed by atoms with E-state index in [1.807, 2.05) is 0 Å². The van der Waals surface area contributed by atoms with E-state index in [2.05, 4.69) is 11.4 Å². The minimum atomic E-state index is -1.03. The van der Waals surface area contributed by atoms with Gasteiger partial charge in [-0.05, 0) is 50.0 Å². The summed E-state index contributed by atoms with van der Waals surface area (Å²) >= 11 is 1.75. The number of thioether (sulfide) groups is 1. The molecule has 1 amide bonds. The molecular weight excluding hydrogens is 262 g/mol. The van der Waals surface area contributed by atoms with Crippen LogP contribution >= 0.6 is 11.8 Å². The van der Waals surface area contributed by atoms with Crippen LogP contribution in [-0.4, -0.2) is 34.0 Å². The highest BCUT2D eigenvalue weighted by Gasteiger charge is 2.41. The van der Waals surface area contributed by atoms with Crippen LogP contribution in [0.3, 0.4) is 0 Å². The maximum Gasteiger partial charge on any atom is 0.329 e. The standard InChI is InChI=1S/C14H21NO3S/c16-12(10-11-4-2-1-3-5-11)15-14(13(17)18)6-8-19-9-7-14/h4H,1-3,5-10H2,(H,15,16)(H,17,18). The van der Waals surface area contributed by atoms with Gasteiger partial charge in [0.15, 0.2) is 0 Å². The molecule has 19 heavy (non-hydrogen) atoms. The van der Waals surface area contributed by atoms with Gasteiger partial charge in [-0.3, -0.25) is 4.79 Å². The summed E-state index contributed by atoms with van der Waals surface area (Å²) in [6.07, 6.45) is 7.90. The Kier molecular flexibility index (Phi) is 4.91. The molecule has 1 fully saturated rings. The lowest BCUT2D eigenvalue weighted by molar-refractivity contribution is -0.148. The summed E-state index contributed by atoms with van der Waals surface area (Å²) in [5, 5.41) is 12.2. The van der Waals surface area contributed by atoms with Crippen molar-refractivity contribution in [1.82, 2.24) is 5.32 Å². The lowest BCUT2D eigenvalue weighted by Gasteiger charge is -2.33. The second-order valence-corrected chi connectivity index (χ2v) is 6.56. The molecule has 0 aromatic carbocycles. The molecule has 2 N–H and O–H groups in total. The van der Waals surface area contributed by atoms with Crippen molar-refractivity contribution >= 4 is 23.6 Å². The van der Waals surface area contributed by atoms with Crippen LogP contribution in [0.2, 0.25) is 0 Å². The Morgan fingerprint density at radius 3 is 2.63 bits per heavy atom. The molecule has 0 aromatic rings. The summed E-state index contributed by atoms with van der Waals surface area (Å²) in [7, 11) is 0. The molecule has 0 unspecified atom stereocenters. The van der Waals surface area contributed by atoms with Crippen molar-refractivity contribution in [2.75, 3.05) is 11.5 Å². The zero-order valence-electron chi connectivity index (χ0n) is 11.1. The number of rotatable bonds is 4. The van der Waals surface area contributed by atoms with Crippen LogP contribution in [0, 0.1) is 0 Å². The van der Waals surface area contributed by atoms with Gasteiger partial charge in [0.05, 0.1) is 0 Å². The normalized spacial score (nSPS) is 22.4. The van der Waals surface area contributed by atoms with Gasteiger partial charge < -0.3 is 10.4 Å². The van der Waals surface area contributed by atoms with E-state index in [9.17, 15) is 14.7 Å². The third-order valence-electron chi connectivity index (χ3n) is 3.91. The van der Waals surface area contributed by atoms with Gasteiger partial charge in [0.1, 0.15) is 5.54 Å². The molecule has 0 bridgehead atoms. The van der Waals surface area contributed by atoms with Crippen molar-refractivity contribution in [3.63, 3.8) is 0 Å². The lowest BCUT2D eigenvalue weighted by Crippen LogP contribution is -2.56. The summed E-state index contributed by atoms with van der Waals surface area (Å²) in [6, 6.07) is 0. The number of allylic oxidation sites excluding steroid dienone is 1. The van der Waals surface area contributed by atoms with Gasteiger partial charge in [-0.15, -0.1) is 0 Å². The maximum atomic E-state index is 12.1. The van der Waals surface area contributed by atoms with E-state index < -0.39 is 11.5 Å². The first-order valence-electron chi connectivity index (χ1n) is 6.92. The SMILES string of the molecule is O=C(CC1=CCCCC1)NC1(C(=O)O)CCSCC1. The summed E-state index contributed by atoms with van der Waals surface area (Å²) < 4.78 is 0. The Balaban J connectivity index is 1.95. The molecule has 2 rings (SSSR count). The molecular formula is C14H21NO3S. The van der Waals surface area contributed by atoms with Crippen LogP contribution in [0.5, 0.6) is 0 Å². The van der Waals surface area contributed by atoms with Gasteiger partial charge >= 0.3 is 5.97 Å². The zero-order chi connectivity index (χ0) is 13.7. The number of carboxylic acids is 1. The Morgan fingerprint density at radius 1 is 1.32 bits per heavy atom. The molecule has 1 aliphatic carbocycles. The molecule has 106 valence electrons. The summed E-state index contributed by atoms with van der Waals surface area (Å²) in [5.74, 6) is 0.575. The number of nitrogens with one attached hydrogen (secondary N) is 1. The molecule has 0 atom stereocenters. The van der Waals surface area contributed by atoms with Crippen molar-refractivity contribution < 1.29 is 14.7 Å². The molecule has 0 saturated carbocycles. The highest BCUT2D eigenvalue weighted by Crippen LogP contribution is 2.28. The van der Waals surface area contributed by atoms with Gasteiger partial charge in [-0.25, -0.2) is 4.79 Å². The fraction of sp³-hybridized carbons (Fsp3) is 0.714. The number of carbonyl (C=O) groups excluding carboxylic acids is 1. The molecule has 5 heteroatoms. The van der Waals surface area contributed by atoms with E-state index in [1.165, 1.54) is 6.42 Å². The number of hydrogen-bond acceptors (Lipinski definition) is 3. The third kappa shape index (κ3) is 3.75. The predicted molar refractivity (Wildman–Crippen MR) is 76.2 cm³/mol. The Hall–Kier alpha value is -0.970. The van der Waals surface area contributed by atoms with E-state index in [-0.39, 0.29) is 5.91 Å². The molecule has 0 spiro atoms. The van der Waals surface area contributed by atoms with E-state index in [1.54, 1.807) is 11.8 Å². The van der Waals surface area contributed by atoms with E-state index >= 15 is 0 Å². The smallest absolute Gasteiger partial charge is 0.329 e. The van der Waals surface area contributed by atoms with Crippen molar-refractivity contribution in [2.24, 2.45) is 0 Å². The van der Waals surface area contributed by atoms with Gasteiger partial charge in [0, 0.05) is 6.42 Å². The number of aliphatic carboxylic acids is 1. The maximum absolute atomic E-state index is 12.1. The topological polar surface area (TPSA) is 66.4 Å². The molecule has 1 aliphatic heterocycles. The Bertz CT molecular complexity index is 386. The van der Waals surface area contributed by atoms with E-state index in [4.69, 9.17) is 0 Å². The summed E-state index contributed by atoms with van der Waals surface area (Å²) in [6.45, 7) is 0. The average Bonchev–Trinajstić information content (AvgIpc) is 2.40. The second-order valence-electron chi connectivity index (χ2n) is 5.33. The molecule has 4 nitrogen and oxygen atoms in total. The van der Waals surface area contributed by atoms with Crippen LogP contribution in [0.25, 0.3) is 0 Å². The summed E-state index contributed by atoms with van der Waals surface area (Å²) in [4.78, 5) is 23.5. The predicted octanol–water partition coefficient (Wildman–Crippen LogP) is 2.34. The van der Waals surface area contributed by atoms with Crippen molar-refractivity contribution in [3.05, 3.63) is 11.6 Å². The highest BCUT2D eigenvalue weighted by molar-refractivity contribution is 7.99. The largest absolute Gasteiger partial charge is 0.480 e. The van der Waals surface area contributed by atoms with Gasteiger partial charge in [-0.1, -0.05) is 11.6 Å². The Labute approximate surface area is 118 Å². The lowest BCUT2D eigenvalue weighted by atomic mass is 9.91. The first-order chi connectivity index (χ1) is 9.12. The summed E-state index contributed by atoms with van der Waals surface area (Å²) in [5.41, 5.74) is 0.131. The minimum absolute atomic E-state index is 0.137. The van der Waals surface area contributed by atoms with Gasteiger partial charge in [-0.2, -0.15) is 11.8 Å². The number of hydrogen-bond donors (Lipinski definition) is 2. The van der Waals surface area contributed by atoms with E-state index in [0.717, 1.165) is 36.3 Å². The first kappa shape index (κ1) is 14.4. The zero-order valence-corrected chi connectivity index (χ0v) is 11.9. The van der Waals surface area contributed by atoms with Gasteiger partial charge in [0.2, 0.25) is 5.91 Å². The van der Waals surface area contributed by atoms with Crippen LogP contribution in [0.15, 0.2) is 11.6 Å². The van der Waals surface area contributed by atoms with Gasteiger partial charge in [0.25, 0.3) is 0 Å². The Morgan fingerprint density at radius 2 is 2.05 bits per heavy atom. The fourth-order valence-electron chi connectivity index (χ4n) is 2.69. The molecule has 2 aliphatic rings. The second kappa shape index (κ2) is 6.46. The minimum Gasteiger partial charge on any atom is -0.480 e. The van der Waals surface area contributed by atoms with Crippen molar-refractivity contribution in [2.45, 2.75) is 50.5 Å². The molecule has 1 saturated heterocycles. The molecule has 0 radical (unpaired) electrons.